The molecule has 0 aromatic heterocycles. The summed E-state index contributed by atoms with van der Waals surface area (Å²) in [4.78, 5) is 1.85. The zero-order chi connectivity index (χ0) is 9.68. The first-order chi connectivity index (χ1) is 6.24. The molecule has 1 atom stereocenters. The van der Waals surface area contributed by atoms with Crippen LogP contribution < -0.4 is 0 Å². The Hall–Kier alpha value is -0.630. The summed E-state index contributed by atoms with van der Waals surface area (Å²) in [5.74, 6) is 0.265. The highest BCUT2D eigenvalue weighted by atomic mass is 79.9. The highest BCUT2D eigenvalue weighted by molar-refractivity contribution is 9.11. The second kappa shape index (κ2) is 5.18. The molecule has 0 radical (unpaired) electrons. The molecule has 13 heavy (non-hydrogen) atoms. The van der Waals surface area contributed by atoms with Crippen molar-refractivity contribution in [2.75, 3.05) is 0 Å². The van der Waals surface area contributed by atoms with Crippen molar-refractivity contribution in [2.24, 2.45) is 0 Å². The molecule has 1 aromatic rings. The van der Waals surface area contributed by atoms with Gasteiger partial charge in [-0.1, -0.05) is 41.1 Å². The molecule has 0 amide bonds. The molecule has 1 aromatic carbocycles. The zero-order valence-electron chi connectivity index (χ0n) is 7.50. The zero-order valence-corrected chi connectivity index (χ0v) is 9.09. The van der Waals surface area contributed by atoms with Crippen LogP contribution in [0.15, 0.2) is 35.3 Å². The third-order valence-electron chi connectivity index (χ3n) is 2.02. The normalized spacial score (nSPS) is 13.5. The molecule has 0 heterocycles. The fraction of sp³-hybridized carbons (Fsp3) is 0.273. The molecule has 0 aliphatic carbocycles. The average molecular weight is 243 g/mol. The lowest BCUT2D eigenvalue weighted by Gasteiger charge is -2.08. The van der Waals surface area contributed by atoms with Crippen LogP contribution in [0.2, 0.25) is 0 Å². The molecule has 0 N–H and O–H groups in total. The van der Waals surface area contributed by atoms with Crippen LogP contribution in [0.1, 0.15) is 24.8 Å². The summed E-state index contributed by atoms with van der Waals surface area (Å²) in [6, 6.07) is 6.68. The first-order valence-electron chi connectivity index (χ1n) is 4.24. The third-order valence-corrected chi connectivity index (χ3v) is 2.39. The average Bonchev–Trinajstić information content (AvgIpc) is 2.15. The maximum atomic E-state index is 12.6. The van der Waals surface area contributed by atoms with E-state index in [1.807, 2.05) is 23.2 Å². The SMILES string of the molecule is CC(CC=CBr)c1ccc(F)cc1. The second-order valence-corrected chi connectivity index (χ2v) is 3.58. The maximum absolute atomic E-state index is 12.6. The third kappa shape index (κ3) is 3.31. The molecular formula is C11H12BrF. The van der Waals surface area contributed by atoms with E-state index < -0.39 is 0 Å². The molecule has 1 unspecified atom stereocenters. The topological polar surface area (TPSA) is 0 Å². The van der Waals surface area contributed by atoms with E-state index in [2.05, 4.69) is 22.9 Å². The summed E-state index contributed by atoms with van der Waals surface area (Å²) in [5, 5.41) is 0. The van der Waals surface area contributed by atoms with Crippen molar-refractivity contribution in [3.63, 3.8) is 0 Å². The lowest BCUT2D eigenvalue weighted by Crippen LogP contribution is -1.91. The molecule has 0 fully saturated rings. The van der Waals surface area contributed by atoms with E-state index in [0.29, 0.717) is 5.92 Å². The van der Waals surface area contributed by atoms with E-state index >= 15 is 0 Å². The van der Waals surface area contributed by atoms with Crippen molar-refractivity contribution in [1.29, 1.82) is 0 Å². The van der Waals surface area contributed by atoms with Crippen LogP contribution in [0.3, 0.4) is 0 Å². The minimum absolute atomic E-state index is 0.174. The number of hydrogen-bond acceptors (Lipinski definition) is 0. The largest absolute Gasteiger partial charge is 0.207 e. The van der Waals surface area contributed by atoms with Gasteiger partial charge in [0.25, 0.3) is 0 Å². The van der Waals surface area contributed by atoms with Gasteiger partial charge in [-0.15, -0.1) is 0 Å². The molecule has 0 nitrogen and oxygen atoms in total. The lowest BCUT2D eigenvalue weighted by atomic mass is 9.98. The molecule has 70 valence electrons. The Morgan fingerprint density at radius 3 is 2.54 bits per heavy atom. The highest BCUT2D eigenvalue weighted by Crippen LogP contribution is 2.19. The standard InChI is InChI=1S/C11H12BrF/c1-9(3-2-8-12)10-4-6-11(13)7-5-10/h2,4-9H,3H2,1H3. The Morgan fingerprint density at radius 2 is 2.00 bits per heavy atom. The molecule has 0 spiro atoms. The van der Waals surface area contributed by atoms with Crippen LogP contribution in [0.4, 0.5) is 4.39 Å². The molecule has 0 saturated heterocycles. The van der Waals surface area contributed by atoms with E-state index in [0.717, 1.165) is 6.42 Å². The van der Waals surface area contributed by atoms with Gasteiger partial charge < -0.3 is 0 Å². The highest BCUT2D eigenvalue weighted by Gasteiger charge is 2.02. The van der Waals surface area contributed by atoms with Gasteiger partial charge in [-0.05, 0) is 35.0 Å². The number of hydrogen-bond donors (Lipinski definition) is 0. The van der Waals surface area contributed by atoms with Gasteiger partial charge in [0.1, 0.15) is 5.82 Å². The van der Waals surface area contributed by atoms with E-state index in [9.17, 15) is 4.39 Å². The quantitative estimate of drug-likeness (QED) is 0.745. The molecule has 1 rings (SSSR count). The Labute approximate surface area is 86.6 Å². The number of halogens is 2. The summed E-state index contributed by atoms with van der Waals surface area (Å²) in [6.45, 7) is 2.13. The van der Waals surface area contributed by atoms with Crippen molar-refractivity contribution in [1.82, 2.24) is 0 Å². The number of rotatable bonds is 3. The summed E-state index contributed by atoms with van der Waals surface area (Å²) in [6.07, 6.45) is 3.02. The molecule has 2 heteroatoms. The fourth-order valence-corrected chi connectivity index (χ4v) is 1.40. The van der Waals surface area contributed by atoms with Gasteiger partial charge in [-0.25, -0.2) is 4.39 Å². The van der Waals surface area contributed by atoms with Crippen LogP contribution in [0.25, 0.3) is 0 Å². The molecule has 0 aliphatic rings. The van der Waals surface area contributed by atoms with Crippen LogP contribution in [0, 0.1) is 5.82 Å². The van der Waals surface area contributed by atoms with E-state index in [1.165, 1.54) is 17.7 Å². The smallest absolute Gasteiger partial charge is 0.123 e. The Kier molecular flexibility index (Phi) is 4.16. The predicted octanol–water partition coefficient (Wildman–Crippen LogP) is 4.23. The van der Waals surface area contributed by atoms with Crippen LogP contribution in [0.5, 0.6) is 0 Å². The Bertz CT molecular complexity index is 277. The first-order valence-corrected chi connectivity index (χ1v) is 5.16. The van der Waals surface area contributed by atoms with Gasteiger partial charge in [-0.2, -0.15) is 0 Å². The van der Waals surface area contributed by atoms with Crippen molar-refractivity contribution < 1.29 is 4.39 Å². The molecular weight excluding hydrogens is 231 g/mol. The second-order valence-electron chi connectivity index (χ2n) is 3.05. The lowest BCUT2D eigenvalue weighted by molar-refractivity contribution is 0.625. The maximum Gasteiger partial charge on any atom is 0.123 e. The summed E-state index contributed by atoms with van der Waals surface area (Å²) in [7, 11) is 0. The van der Waals surface area contributed by atoms with Gasteiger partial charge in [0.15, 0.2) is 0 Å². The number of benzene rings is 1. The van der Waals surface area contributed by atoms with Gasteiger partial charge in [0, 0.05) is 0 Å². The summed E-state index contributed by atoms with van der Waals surface area (Å²) in [5.41, 5.74) is 1.17. The van der Waals surface area contributed by atoms with Gasteiger partial charge in [-0.3, -0.25) is 0 Å². The Morgan fingerprint density at radius 1 is 1.38 bits per heavy atom. The summed E-state index contributed by atoms with van der Waals surface area (Å²) >= 11 is 3.22. The number of allylic oxidation sites excluding steroid dienone is 1. The van der Waals surface area contributed by atoms with Gasteiger partial charge in [0.05, 0.1) is 0 Å². The van der Waals surface area contributed by atoms with Crippen LogP contribution in [-0.2, 0) is 0 Å². The van der Waals surface area contributed by atoms with Crippen molar-refractivity contribution >= 4 is 15.9 Å². The van der Waals surface area contributed by atoms with Crippen LogP contribution >= 0.6 is 15.9 Å². The first kappa shape index (κ1) is 10.5. The molecule has 0 saturated carbocycles. The summed E-state index contributed by atoms with van der Waals surface area (Å²) < 4.78 is 12.6. The van der Waals surface area contributed by atoms with E-state index in [-0.39, 0.29) is 5.82 Å². The molecule has 0 aliphatic heterocycles. The van der Waals surface area contributed by atoms with Gasteiger partial charge in [0.2, 0.25) is 0 Å². The monoisotopic (exact) mass is 242 g/mol. The fourth-order valence-electron chi connectivity index (χ4n) is 1.18. The molecule has 0 bridgehead atoms. The van der Waals surface area contributed by atoms with E-state index in [1.54, 1.807) is 0 Å². The van der Waals surface area contributed by atoms with Gasteiger partial charge >= 0.3 is 0 Å². The Balaban J connectivity index is 2.66. The van der Waals surface area contributed by atoms with E-state index in [4.69, 9.17) is 0 Å². The minimum atomic E-state index is -0.174. The predicted molar refractivity (Wildman–Crippen MR) is 57.5 cm³/mol. The van der Waals surface area contributed by atoms with Crippen molar-refractivity contribution in [2.45, 2.75) is 19.3 Å². The van der Waals surface area contributed by atoms with Crippen molar-refractivity contribution in [3.8, 4) is 0 Å². The van der Waals surface area contributed by atoms with Crippen molar-refractivity contribution in [3.05, 3.63) is 46.7 Å². The minimum Gasteiger partial charge on any atom is -0.207 e. The van der Waals surface area contributed by atoms with Crippen LogP contribution in [-0.4, -0.2) is 0 Å².